The van der Waals surface area contributed by atoms with Crippen molar-refractivity contribution in [2.45, 2.75) is 24.7 Å². The van der Waals surface area contributed by atoms with Crippen LogP contribution < -0.4 is 15.4 Å². The summed E-state index contributed by atoms with van der Waals surface area (Å²) in [6.07, 6.45) is -3.99. The minimum atomic E-state index is -4.62. The molecule has 2 atom stereocenters. The van der Waals surface area contributed by atoms with Gasteiger partial charge in [0.25, 0.3) is 5.91 Å². The van der Waals surface area contributed by atoms with Crippen LogP contribution in [0.4, 0.5) is 33.5 Å². The summed E-state index contributed by atoms with van der Waals surface area (Å²) in [4.78, 5) is 12.7. The molecule has 1 aliphatic rings. The van der Waals surface area contributed by atoms with Crippen LogP contribution >= 0.6 is 0 Å². The van der Waals surface area contributed by atoms with Gasteiger partial charge in [-0.2, -0.15) is 18.3 Å². The molecule has 11 heteroatoms. The fourth-order valence-corrected chi connectivity index (χ4v) is 3.56. The van der Waals surface area contributed by atoms with Crippen LogP contribution in [-0.4, -0.2) is 29.0 Å². The van der Waals surface area contributed by atoms with Gasteiger partial charge in [-0.3, -0.25) is 4.79 Å². The second kappa shape index (κ2) is 8.13. The van der Waals surface area contributed by atoms with E-state index in [1.54, 1.807) is 24.3 Å². The molecule has 6 nitrogen and oxygen atoms in total. The Bertz CT molecular complexity index is 1140. The first kappa shape index (κ1) is 21.6. The molecule has 1 aliphatic heterocycles. The van der Waals surface area contributed by atoms with Gasteiger partial charge in [0.1, 0.15) is 28.8 Å². The van der Waals surface area contributed by atoms with Crippen molar-refractivity contribution in [1.29, 1.82) is 0 Å². The topological polar surface area (TPSA) is 68.2 Å². The second-order valence-electron chi connectivity index (χ2n) is 7.19. The standard InChI is InChI=1S/C21H17F5N4O2/c1-32-13-5-2-11(3-6-13)17-9-18(21(24,25)26)30-19(28-17)14(10-27-30)20(31)29-16-7-4-12(22)8-15(16)23/h2-8,10,17-18,28H,9H2,1H3,(H,29,31)/t17-,18-/m1/s1. The summed E-state index contributed by atoms with van der Waals surface area (Å²) in [5, 5.41) is 8.94. The smallest absolute Gasteiger partial charge is 0.410 e. The van der Waals surface area contributed by atoms with E-state index in [4.69, 9.17) is 4.74 Å². The van der Waals surface area contributed by atoms with E-state index in [0.29, 0.717) is 22.1 Å². The molecular formula is C21H17F5N4O2. The van der Waals surface area contributed by atoms with Crippen LogP contribution in [0.5, 0.6) is 5.75 Å². The molecule has 0 saturated heterocycles. The summed E-state index contributed by atoms with van der Waals surface area (Å²) >= 11 is 0. The number of alkyl halides is 3. The molecule has 1 amide bonds. The third-order valence-electron chi connectivity index (χ3n) is 5.18. The van der Waals surface area contributed by atoms with Gasteiger partial charge >= 0.3 is 6.18 Å². The number of carbonyl (C=O) groups is 1. The van der Waals surface area contributed by atoms with Crippen molar-refractivity contribution < 1.29 is 31.5 Å². The zero-order valence-corrected chi connectivity index (χ0v) is 16.6. The lowest BCUT2D eigenvalue weighted by Gasteiger charge is -2.34. The lowest BCUT2D eigenvalue weighted by Crippen LogP contribution is -2.36. The monoisotopic (exact) mass is 452 g/mol. The molecule has 4 rings (SSSR count). The number of amides is 1. The molecule has 0 fully saturated rings. The summed E-state index contributed by atoms with van der Waals surface area (Å²) in [6.45, 7) is 0. The van der Waals surface area contributed by atoms with Gasteiger partial charge in [-0.1, -0.05) is 12.1 Å². The number of halogens is 5. The molecule has 0 spiro atoms. The summed E-state index contributed by atoms with van der Waals surface area (Å²) in [6, 6.07) is 6.30. The SMILES string of the molecule is COc1ccc([C@H]2C[C@H](C(F)(F)F)n3ncc(C(=O)Nc4ccc(F)cc4F)c3N2)cc1. The van der Waals surface area contributed by atoms with E-state index in [2.05, 4.69) is 15.7 Å². The fraction of sp³-hybridized carbons (Fsp3) is 0.238. The van der Waals surface area contributed by atoms with Crippen LogP contribution in [0.1, 0.15) is 34.4 Å². The fourth-order valence-electron chi connectivity index (χ4n) is 3.56. The molecule has 2 N–H and O–H groups in total. The van der Waals surface area contributed by atoms with Crippen LogP contribution in [0.25, 0.3) is 0 Å². The summed E-state index contributed by atoms with van der Waals surface area (Å²) in [5.41, 5.74) is 0.0378. The number of hydrogen-bond acceptors (Lipinski definition) is 4. The molecule has 0 radical (unpaired) electrons. The Hall–Kier alpha value is -3.63. The zero-order chi connectivity index (χ0) is 23.0. The van der Waals surface area contributed by atoms with E-state index in [1.165, 1.54) is 7.11 Å². The number of hydrogen-bond donors (Lipinski definition) is 2. The van der Waals surface area contributed by atoms with Crippen molar-refractivity contribution in [2.75, 3.05) is 17.7 Å². The number of aromatic nitrogens is 2. The molecule has 0 unspecified atom stereocenters. The van der Waals surface area contributed by atoms with Gasteiger partial charge in [0, 0.05) is 12.5 Å². The van der Waals surface area contributed by atoms with Crippen LogP contribution in [0.2, 0.25) is 0 Å². The Balaban J connectivity index is 1.68. The highest BCUT2D eigenvalue weighted by Crippen LogP contribution is 2.44. The molecule has 3 aromatic rings. The Morgan fingerprint density at radius 2 is 1.91 bits per heavy atom. The quantitative estimate of drug-likeness (QED) is 0.542. The molecule has 2 aromatic carbocycles. The van der Waals surface area contributed by atoms with Crippen molar-refractivity contribution in [3.63, 3.8) is 0 Å². The number of fused-ring (bicyclic) bond motifs is 1. The number of nitrogens with zero attached hydrogens (tertiary/aromatic N) is 2. The maximum Gasteiger partial charge on any atom is 0.410 e. The Kier molecular flexibility index (Phi) is 5.49. The van der Waals surface area contributed by atoms with E-state index in [0.717, 1.165) is 18.3 Å². The number of carbonyl (C=O) groups excluding carboxylic acids is 1. The van der Waals surface area contributed by atoms with Crippen LogP contribution in [0.3, 0.4) is 0 Å². The lowest BCUT2D eigenvalue weighted by molar-refractivity contribution is -0.173. The van der Waals surface area contributed by atoms with Crippen molar-refractivity contribution in [3.8, 4) is 5.75 Å². The van der Waals surface area contributed by atoms with E-state index in [-0.39, 0.29) is 23.5 Å². The van der Waals surface area contributed by atoms with Gasteiger partial charge in [-0.15, -0.1) is 0 Å². The largest absolute Gasteiger partial charge is 0.497 e. The first-order valence-corrected chi connectivity index (χ1v) is 9.48. The number of rotatable bonds is 4. The van der Waals surface area contributed by atoms with E-state index in [9.17, 15) is 26.7 Å². The van der Waals surface area contributed by atoms with E-state index in [1.807, 2.05) is 0 Å². The van der Waals surface area contributed by atoms with Gasteiger partial charge in [-0.25, -0.2) is 13.5 Å². The molecule has 1 aromatic heterocycles. The lowest BCUT2D eigenvalue weighted by atomic mass is 9.96. The van der Waals surface area contributed by atoms with Crippen molar-refractivity contribution >= 4 is 17.4 Å². The van der Waals surface area contributed by atoms with Crippen molar-refractivity contribution in [2.24, 2.45) is 0 Å². The summed E-state index contributed by atoms with van der Waals surface area (Å²) in [5.74, 6) is -2.35. The van der Waals surface area contributed by atoms with Crippen LogP contribution in [-0.2, 0) is 0 Å². The third-order valence-corrected chi connectivity index (χ3v) is 5.18. The van der Waals surface area contributed by atoms with Crippen LogP contribution in [0.15, 0.2) is 48.7 Å². The average Bonchev–Trinajstić information content (AvgIpc) is 3.18. The number of benzene rings is 2. The molecule has 0 bridgehead atoms. The number of nitrogens with one attached hydrogen (secondary N) is 2. The highest BCUT2D eigenvalue weighted by Gasteiger charge is 2.47. The molecule has 168 valence electrons. The molecular weight excluding hydrogens is 435 g/mol. The maximum absolute atomic E-state index is 13.9. The maximum atomic E-state index is 13.9. The first-order chi connectivity index (χ1) is 15.2. The molecule has 0 aliphatic carbocycles. The number of anilines is 2. The second-order valence-corrected chi connectivity index (χ2v) is 7.19. The predicted octanol–water partition coefficient (Wildman–Crippen LogP) is 5.08. The van der Waals surface area contributed by atoms with Gasteiger partial charge in [-0.05, 0) is 29.8 Å². The van der Waals surface area contributed by atoms with E-state index >= 15 is 0 Å². The van der Waals surface area contributed by atoms with E-state index < -0.39 is 35.8 Å². The minimum absolute atomic E-state index is 0.153. The zero-order valence-electron chi connectivity index (χ0n) is 16.6. The van der Waals surface area contributed by atoms with Gasteiger partial charge in [0.15, 0.2) is 6.04 Å². The number of methoxy groups -OCH3 is 1. The van der Waals surface area contributed by atoms with Gasteiger partial charge < -0.3 is 15.4 Å². The van der Waals surface area contributed by atoms with Gasteiger partial charge in [0.2, 0.25) is 0 Å². The number of ether oxygens (including phenoxy) is 1. The third kappa shape index (κ3) is 4.10. The molecule has 32 heavy (non-hydrogen) atoms. The van der Waals surface area contributed by atoms with Crippen molar-refractivity contribution in [3.05, 3.63) is 71.4 Å². The molecule has 2 heterocycles. The highest BCUT2D eigenvalue weighted by atomic mass is 19.4. The highest BCUT2D eigenvalue weighted by molar-refractivity contribution is 6.07. The molecule has 0 saturated carbocycles. The summed E-state index contributed by atoms with van der Waals surface area (Å²) < 4.78 is 74.1. The Morgan fingerprint density at radius 3 is 2.53 bits per heavy atom. The summed E-state index contributed by atoms with van der Waals surface area (Å²) in [7, 11) is 1.47. The minimum Gasteiger partial charge on any atom is -0.497 e. The predicted molar refractivity (Wildman–Crippen MR) is 106 cm³/mol. The Morgan fingerprint density at radius 1 is 1.19 bits per heavy atom. The first-order valence-electron chi connectivity index (χ1n) is 9.48. The normalized spacial score (nSPS) is 17.9. The van der Waals surface area contributed by atoms with Crippen LogP contribution in [0, 0.1) is 11.6 Å². The van der Waals surface area contributed by atoms with Gasteiger partial charge in [0.05, 0.1) is 25.0 Å². The van der Waals surface area contributed by atoms with Crippen molar-refractivity contribution in [1.82, 2.24) is 9.78 Å². The Labute approximate surface area is 179 Å². The average molecular weight is 452 g/mol.